The van der Waals surface area contributed by atoms with Crippen molar-refractivity contribution in [2.24, 2.45) is 0 Å². The van der Waals surface area contributed by atoms with Crippen molar-refractivity contribution >= 4 is 17.3 Å². The maximum atomic E-state index is 13.0. The lowest BCUT2D eigenvalue weighted by Gasteiger charge is -2.45. The zero-order valence-electron chi connectivity index (χ0n) is 19.7. The number of nitrogens with two attached hydrogens (primary N) is 1. The van der Waals surface area contributed by atoms with Crippen LogP contribution in [0.25, 0.3) is 0 Å². The molecule has 2 heterocycles. The number of hydrogen-bond acceptors (Lipinski definition) is 5. The highest BCUT2D eigenvalue weighted by Gasteiger charge is 2.35. The third kappa shape index (κ3) is 4.79. The van der Waals surface area contributed by atoms with Gasteiger partial charge in [-0.1, -0.05) is 60.7 Å². The second kappa shape index (κ2) is 9.87. The van der Waals surface area contributed by atoms with Crippen LogP contribution in [0.15, 0.2) is 78.9 Å². The van der Waals surface area contributed by atoms with Crippen molar-refractivity contribution in [3.05, 3.63) is 95.6 Å². The molecule has 176 valence electrons. The highest BCUT2D eigenvalue weighted by molar-refractivity contribution is 6.03. The van der Waals surface area contributed by atoms with E-state index >= 15 is 0 Å². The number of hydrogen-bond donors (Lipinski definition) is 2. The molecule has 5 rings (SSSR count). The summed E-state index contributed by atoms with van der Waals surface area (Å²) >= 11 is 0. The molecular weight excluding hydrogens is 422 g/mol. The van der Waals surface area contributed by atoms with E-state index in [4.69, 9.17) is 5.73 Å². The zero-order chi connectivity index (χ0) is 23.5. The Morgan fingerprint density at radius 2 is 1.56 bits per heavy atom. The van der Waals surface area contributed by atoms with Crippen molar-refractivity contribution < 1.29 is 4.79 Å². The Bertz CT molecular complexity index is 1110. The van der Waals surface area contributed by atoms with Gasteiger partial charge in [0, 0.05) is 51.0 Å². The smallest absolute Gasteiger partial charge is 0.255 e. The van der Waals surface area contributed by atoms with Gasteiger partial charge in [0.25, 0.3) is 5.91 Å². The van der Waals surface area contributed by atoms with Crippen molar-refractivity contribution in [1.29, 1.82) is 0 Å². The normalized spacial score (nSPS) is 20.0. The summed E-state index contributed by atoms with van der Waals surface area (Å²) in [6, 6.07) is 26.8. The monoisotopic (exact) mass is 455 g/mol. The number of nitrogen functional groups attached to an aromatic ring is 1. The Balaban J connectivity index is 1.31. The lowest BCUT2D eigenvalue weighted by molar-refractivity contribution is 0.0916. The highest BCUT2D eigenvalue weighted by Crippen LogP contribution is 2.36. The van der Waals surface area contributed by atoms with Crippen LogP contribution in [-0.2, 0) is 6.54 Å². The number of piperazine rings is 1. The van der Waals surface area contributed by atoms with Crippen molar-refractivity contribution in [2.45, 2.75) is 25.7 Å². The molecule has 0 saturated carbocycles. The van der Waals surface area contributed by atoms with E-state index < -0.39 is 0 Å². The van der Waals surface area contributed by atoms with Gasteiger partial charge in [0.2, 0.25) is 0 Å². The van der Waals surface area contributed by atoms with Crippen LogP contribution < -0.4 is 16.0 Å². The van der Waals surface area contributed by atoms with Crippen molar-refractivity contribution in [3.8, 4) is 0 Å². The van der Waals surface area contributed by atoms with Gasteiger partial charge in [0.1, 0.15) is 6.17 Å². The number of rotatable bonds is 6. The number of benzene rings is 3. The van der Waals surface area contributed by atoms with Crippen LogP contribution in [-0.4, -0.2) is 54.5 Å². The van der Waals surface area contributed by atoms with E-state index in [2.05, 4.69) is 69.4 Å². The molecule has 6 nitrogen and oxygen atoms in total. The first kappa shape index (κ1) is 22.4. The number of anilines is 2. The lowest BCUT2D eigenvalue weighted by Crippen LogP contribution is -2.55. The van der Waals surface area contributed by atoms with Gasteiger partial charge < -0.3 is 16.0 Å². The van der Waals surface area contributed by atoms with E-state index in [0.717, 1.165) is 50.5 Å². The first-order valence-corrected chi connectivity index (χ1v) is 12.1. The molecule has 0 spiro atoms. The van der Waals surface area contributed by atoms with Gasteiger partial charge in [-0.2, -0.15) is 0 Å². The standard InChI is InChI=1S/C28H33N5O/c1-21(19-31-14-16-32(17-15-31)20-22-8-4-2-5-9-22)33-26-13-12-24(29)18-25(26)28(34)30-27(33)23-10-6-3-7-11-23/h2-13,18,21,27H,14-17,19-20,29H2,1H3,(H,30,34). The summed E-state index contributed by atoms with van der Waals surface area (Å²) in [6.07, 6.45) is -0.209. The minimum Gasteiger partial charge on any atom is -0.399 e. The van der Waals surface area contributed by atoms with Crippen LogP contribution in [0.4, 0.5) is 11.4 Å². The summed E-state index contributed by atoms with van der Waals surface area (Å²) in [6.45, 7) is 8.41. The van der Waals surface area contributed by atoms with Gasteiger partial charge in [-0.15, -0.1) is 0 Å². The Hall–Kier alpha value is -3.35. The fourth-order valence-electron chi connectivity index (χ4n) is 5.18. The third-order valence-electron chi connectivity index (χ3n) is 6.92. The lowest BCUT2D eigenvalue weighted by atomic mass is 10.00. The van der Waals surface area contributed by atoms with Gasteiger partial charge in [-0.3, -0.25) is 14.6 Å². The maximum Gasteiger partial charge on any atom is 0.255 e. The number of carbonyl (C=O) groups excluding carboxylic acids is 1. The third-order valence-corrected chi connectivity index (χ3v) is 6.92. The number of fused-ring (bicyclic) bond motifs is 1. The fourth-order valence-corrected chi connectivity index (χ4v) is 5.18. The summed E-state index contributed by atoms with van der Waals surface area (Å²) in [5.41, 5.74) is 10.7. The molecule has 2 atom stereocenters. The van der Waals surface area contributed by atoms with Gasteiger partial charge in [0.15, 0.2) is 0 Å². The topological polar surface area (TPSA) is 64.8 Å². The summed E-state index contributed by atoms with van der Waals surface area (Å²) < 4.78 is 0. The molecule has 3 aromatic carbocycles. The molecule has 1 amide bonds. The molecule has 6 heteroatoms. The Morgan fingerprint density at radius 3 is 2.26 bits per heavy atom. The highest BCUT2D eigenvalue weighted by atomic mass is 16.2. The average Bonchev–Trinajstić information content (AvgIpc) is 2.86. The Kier molecular flexibility index (Phi) is 6.52. The SMILES string of the molecule is CC(CN1CCN(Cc2ccccc2)CC1)N1c2ccc(N)cc2C(=O)NC1c1ccccc1. The second-order valence-electron chi connectivity index (χ2n) is 9.38. The van der Waals surface area contributed by atoms with E-state index in [9.17, 15) is 4.79 Å². The predicted octanol–water partition coefficient (Wildman–Crippen LogP) is 3.72. The summed E-state index contributed by atoms with van der Waals surface area (Å²) in [7, 11) is 0. The first-order valence-electron chi connectivity index (χ1n) is 12.1. The molecule has 0 bridgehead atoms. The van der Waals surface area contributed by atoms with Crippen molar-refractivity contribution in [2.75, 3.05) is 43.4 Å². The Morgan fingerprint density at radius 1 is 0.912 bits per heavy atom. The van der Waals surface area contributed by atoms with Crippen LogP contribution in [0.2, 0.25) is 0 Å². The minimum absolute atomic E-state index is 0.0749. The van der Waals surface area contributed by atoms with E-state index in [1.807, 2.05) is 30.3 Å². The molecule has 1 saturated heterocycles. The molecule has 3 N–H and O–H groups in total. The van der Waals surface area contributed by atoms with Crippen LogP contribution in [0.3, 0.4) is 0 Å². The molecule has 2 unspecified atom stereocenters. The van der Waals surface area contributed by atoms with Crippen LogP contribution >= 0.6 is 0 Å². The molecule has 2 aliphatic heterocycles. The van der Waals surface area contributed by atoms with Gasteiger partial charge >= 0.3 is 0 Å². The first-order chi connectivity index (χ1) is 16.6. The fraction of sp³-hybridized carbons (Fsp3) is 0.321. The molecule has 3 aromatic rings. The van der Waals surface area contributed by atoms with E-state index in [1.54, 1.807) is 6.07 Å². The number of nitrogens with one attached hydrogen (secondary N) is 1. The summed E-state index contributed by atoms with van der Waals surface area (Å²) in [5.74, 6) is -0.0749. The van der Waals surface area contributed by atoms with E-state index in [0.29, 0.717) is 11.3 Å². The molecule has 34 heavy (non-hydrogen) atoms. The number of carbonyl (C=O) groups is 1. The summed E-state index contributed by atoms with van der Waals surface area (Å²) in [4.78, 5) is 20.4. The van der Waals surface area contributed by atoms with Gasteiger partial charge in [0.05, 0.1) is 11.3 Å². The second-order valence-corrected chi connectivity index (χ2v) is 9.38. The van der Waals surface area contributed by atoms with Crippen LogP contribution in [0.5, 0.6) is 0 Å². The molecule has 0 aliphatic carbocycles. The molecule has 1 fully saturated rings. The summed E-state index contributed by atoms with van der Waals surface area (Å²) in [5, 5.41) is 3.22. The quantitative estimate of drug-likeness (QED) is 0.555. The van der Waals surface area contributed by atoms with E-state index in [-0.39, 0.29) is 18.1 Å². The van der Waals surface area contributed by atoms with Crippen LogP contribution in [0.1, 0.15) is 34.6 Å². The molecule has 0 aromatic heterocycles. The van der Waals surface area contributed by atoms with Gasteiger partial charge in [-0.05, 0) is 36.2 Å². The van der Waals surface area contributed by atoms with Crippen molar-refractivity contribution in [3.63, 3.8) is 0 Å². The maximum absolute atomic E-state index is 13.0. The number of nitrogens with zero attached hydrogens (tertiary/aromatic N) is 3. The molecule has 0 radical (unpaired) electrons. The molecular formula is C28H33N5O. The van der Waals surface area contributed by atoms with Crippen LogP contribution in [0, 0.1) is 0 Å². The zero-order valence-corrected chi connectivity index (χ0v) is 19.7. The van der Waals surface area contributed by atoms with Gasteiger partial charge in [-0.25, -0.2) is 0 Å². The number of amides is 1. The molecule has 2 aliphatic rings. The largest absolute Gasteiger partial charge is 0.399 e. The van der Waals surface area contributed by atoms with E-state index in [1.165, 1.54) is 5.56 Å². The minimum atomic E-state index is -0.209. The van der Waals surface area contributed by atoms with Crippen molar-refractivity contribution in [1.82, 2.24) is 15.1 Å². The average molecular weight is 456 g/mol. The predicted molar refractivity (Wildman–Crippen MR) is 138 cm³/mol. The Labute approximate surface area is 202 Å².